The van der Waals surface area contributed by atoms with E-state index in [9.17, 15) is 23.4 Å². The normalized spacial score (nSPS) is 27.9. The van der Waals surface area contributed by atoms with Crippen molar-refractivity contribution in [2.24, 2.45) is 0 Å². The van der Waals surface area contributed by atoms with Crippen LogP contribution in [0, 0.1) is 5.82 Å². The lowest BCUT2D eigenvalue weighted by Crippen LogP contribution is -2.38. The Bertz CT molecular complexity index is 1160. The largest absolute Gasteiger partial charge is 0.388 e. The Labute approximate surface area is 180 Å². The van der Waals surface area contributed by atoms with Gasteiger partial charge in [-0.3, -0.25) is 5.32 Å². The molecule has 0 spiro atoms. The number of aliphatic hydroxyl groups is 2. The number of benzene rings is 1. The summed E-state index contributed by atoms with van der Waals surface area (Å²) in [5.41, 5.74) is 7.39. The average molecular weight is 449 g/mol. The first-order valence-corrected chi connectivity index (χ1v) is 10.3. The van der Waals surface area contributed by atoms with Crippen LogP contribution in [0.2, 0.25) is 0 Å². The van der Waals surface area contributed by atoms with Crippen LogP contribution in [0.5, 0.6) is 0 Å². The van der Waals surface area contributed by atoms with Gasteiger partial charge in [0.15, 0.2) is 5.82 Å². The molecule has 0 saturated heterocycles. The highest BCUT2D eigenvalue weighted by Crippen LogP contribution is 2.39. The summed E-state index contributed by atoms with van der Waals surface area (Å²) < 4.78 is 48.1. The fourth-order valence-electron chi connectivity index (χ4n) is 4.67. The van der Waals surface area contributed by atoms with Crippen molar-refractivity contribution in [1.82, 2.24) is 19.9 Å². The topological polar surface area (TPSA) is 118 Å². The van der Waals surface area contributed by atoms with Gasteiger partial charge in [0.05, 0.1) is 17.5 Å². The summed E-state index contributed by atoms with van der Waals surface area (Å²) in [6.07, 6.45) is -3.32. The number of alkyl halides is 2. The van der Waals surface area contributed by atoms with Gasteiger partial charge in [0.25, 0.3) is 6.43 Å². The highest BCUT2D eigenvalue weighted by Gasteiger charge is 2.45. The SMILES string of the molecule is Nc1ncnc2c1c(F)cn2[C@@H]1C[C@H](OC2NCCc3cc(C(F)F)ccc32)[C@@H](O)[C@H]1O. The maximum absolute atomic E-state index is 14.5. The van der Waals surface area contributed by atoms with Gasteiger partial charge in [-0.15, -0.1) is 0 Å². The van der Waals surface area contributed by atoms with Crippen molar-refractivity contribution in [1.29, 1.82) is 0 Å². The fraction of sp³-hybridized carbons (Fsp3) is 0.429. The molecule has 1 unspecified atom stereocenters. The number of nitrogens with two attached hydrogens (primary N) is 1. The van der Waals surface area contributed by atoms with Crippen LogP contribution in [0.4, 0.5) is 19.0 Å². The predicted octanol–water partition coefficient (Wildman–Crippen LogP) is 1.99. The molecule has 0 bridgehead atoms. The van der Waals surface area contributed by atoms with Crippen LogP contribution in [0.1, 0.15) is 41.8 Å². The van der Waals surface area contributed by atoms with Crippen molar-refractivity contribution >= 4 is 16.9 Å². The molecule has 5 atom stereocenters. The Morgan fingerprint density at radius 2 is 2.03 bits per heavy atom. The molecule has 32 heavy (non-hydrogen) atoms. The Balaban J connectivity index is 1.40. The fourth-order valence-corrected chi connectivity index (χ4v) is 4.67. The van der Waals surface area contributed by atoms with Crippen molar-refractivity contribution in [2.45, 2.75) is 49.8 Å². The van der Waals surface area contributed by atoms with E-state index in [0.29, 0.717) is 18.5 Å². The van der Waals surface area contributed by atoms with E-state index >= 15 is 0 Å². The van der Waals surface area contributed by atoms with Gasteiger partial charge >= 0.3 is 0 Å². The quantitative estimate of drug-likeness (QED) is 0.481. The number of anilines is 1. The van der Waals surface area contributed by atoms with Gasteiger partial charge in [-0.05, 0) is 30.0 Å². The summed E-state index contributed by atoms with van der Waals surface area (Å²) in [7, 11) is 0. The van der Waals surface area contributed by atoms with Crippen LogP contribution in [0.25, 0.3) is 11.0 Å². The second-order valence-electron chi connectivity index (χ2n) is 8.14. The maximum Gasteiger partial charge on any atom is 0.263 e. The number of nitrogen functional groups attached to an aromatic ring is 1. The summed E-state index contributed by atoms with van der Waals surface area (Å²) in [4.78, 5) is 7.88. The Hall–Kier alpha value is -2.73. The monoisotopic (exact) mass is 449 g/mol. The van der Waals surface area contributed by atoms with Crippen molar-refractivity contribution < 1.29 is 28.1 Å². The van der Waals surface area contributed by atoms with Crippen molar-refractivity contribution in [3.8, 4) is 0 Å². The van der Waals surface area contributed by atoms with Gasteiger partial charge in [0.1, 0.15) is 36.2 Å². The molecule has 1 saturated carbocycles. The summed E-state index contributed by atoms with van der Waals surface area (Å²) in [6.45, 7) is 0.517. The number of rotatable bonds is 4. The molecule has 0 radical (unpaired) electrons. The minimum Gasteiger partial charge on any atom is -0.388 e. The van der Waals surface area contributed by atoms with Gasteiger partial charge in [-0.1, -0.05) is 12.1 Å². The van der Waals surface area contributed by atoms with Crippen LogP contribution in [0.3, 0.4) is 0 Å². The first-order valence-electron chi connectivity index (χ1n) is 10.3. The second-order valence-corrected chi connectivity index (χ2v) is 8.14. The number of fused-ring (bicyclic) bond motifs is 2. The molecular formula is C21H22F3N5O3. The molecule has 1 aliphatic carbocycles. The zero-order valence-electron chi connectivity index (χ0n) is 16.8. The van der Waals surface area contributed by atoms with Crippen LogP contribution < -0.4 is 11.1 Å². The van der Waals surface area contributed by atoms with Crippen LogP contribution >= 0.6 is 0 Å². The summed E-state index contributed by atoms with van der Waals surface area (Å²) in [5.74, 6) is -0.639. The van der Waals surface area contributed by atoms with Crippen molar-refractivity contribution in [3.63, 3.8) is 0 Å². The Morgan fingerprint density at radius 3 is 2.81 bits per heavy atom. The lowest BCUT2D eigenvalue weighted by molar-refractivity contribution is -0.0980. The number of ether oxygens (including phenoxy) is 1. The summed E-state index contributed by atoms with van der Waals surface area (Å²) >= 11 is 0. The summed E-state index contributed by atoms with van der Waals surface area (Å²) in [5, 5.41) is 24.6. The standard InChI is InChI=1S/C21H22F3N5O3/c22-12-7-29(20-15(12)19(25)27-8-28-20)13-6-14(17(31)16(13)30)32-21-11-2-1-10(18(23)24)5-9(11)3-4-26-21/h1-2,5,7-8,13-14,16-18,21,26,30-31H,3-4,6H2,(H2,25,27,28)/t13-,14+,16+,17-,21?/m1/s1. The number of aromatic nitrogens is 3. The van der Waals surface area contributed by atoms with E-state index in [4.69, 9.17) is 10.5 Å². The first kappa shape index (κ1) is 21.1. The molecule has 170 valence electrons. The average Bonchev–Trinajstić information content (AvgIpc) is 3.25. The number of nitrogens with zero attached hydrogens (tertiary/aromatic N) is 3. The lowest BCUT2D eigenvalue weighted by Gasteiger charge is -2.30. The molecule has 8 nitrogen and oxygen atoms in total. The molecule has 1 fully saturated rings. The van der Waals surface area contributed by atoms with Gasteiger partial charge in [-0.2, -0.15) is 0 Å². The van der Waals surface area contributed by atoms with E-state index in [-0.39, 0.29) is 28.8 Å². The lowest BCUT2D eigenvalue weighted by atomic mass is 9.97. The third-order valence-corrected chi connectivity index (χ3v) is 6.28. The maximum atomic E-state index is 14.5. The van der Waals surface area contributed by atoms with E-state index in [1.165, 1.54) is 29.2 Å². The van der Waals surface area contributed by atoms with E-state index in [1.54, 1.807) is 6.07 Å². The van der Waals surface area contributed by atoms with Gasteiger partial charge in [0, 0.05) is 18.3 Å². The molecule has 5 N–H and O–H groups in total. The molecule has 0 amide bonds. The van der Waals surface area contributed by atoms with Crippen LogP contribution in [0.15, 0.2) is 30.7 Å². The molecule has 2 aliphatic rings. The Morgan fingerprint density at radius 1 is 1.22 bits per heavy atom. The first-order chi connectivity index (χ1) is 15.3. The highest BCUT2D eigenvalue weighted by molar-refractivity contribution is 5.86. The minimum atomic E-state index is -2.56. The number of hydrogen-bond acceptors (Lipinski definition) is 7. The third kappa shape index (κ3) is 3.41. The zero-order valence-corrected chi connectivity index (χ0v) is 16.8. The number of aliphatic hydroxyl groups excluding tert-OH is 2. The second kappa shape index (κ2) is 8.00. The molecule has 1 aliphatic heterocycles. The molecule has 5 rings (SSSR count). The van der Waals surface area contributed by atoms with E-state index < -0.39 is 42.8 Å². The minimum absolute atomic E-state index is 0.0155. The molecular weight excluding hydrogens is 427 g/mol. The third-order valence-electron chi connectivity index (χ3n) is 6.28. The molecule has 1 aromatic carbocycles. The van der Waals surface area contributed by atoms with Gasteiger partial charge in [-0.25, -0.2) is 23.1 Å². The number of nitrogens with one attached hydrogen (secondary N) is 1. The van der Waals surface area contributed by atoms with Crippen molar-refractivity contribution in [2.75, 3.05) is 12.3 Å². The zero-order chi connectivity index (χ0) is 22.6. The molecule has 3 heterocycles. The Kier molecular flexibility index (Phi) is 5.28. The van der Waals surface area contributed by atoms with Crippen LogP contribution in [-0.4, -0.2) is 49.6 Å². The van der Waals surface area contributed by atoms with E-state index in [0.717, 1.165) is 5.56 Å². The molecule has 11 heteroatoms. The van der Waals surface area contributed by atoms with Gasteiger partial charge in [0.2, 0.25) is 0 Å². The van der Waals surface area contributed by atoms with Gasteiger partial charge < -0.3 is 25.3 Å². The predicted molar refractivity (Wildman–Crippen MR) is 108 cm³/mol. The van der Waals surface area contributed by atoms with E-state index in [1.807, 2.05) is 0 Å². The van der Waals surface area contributed by atoms with E-state index in [2.05, 4.69) is 15.3 Å². The van der Waals surface area contributed by atoms with Crippen molar-refractivity contribution in [3.05, 3.63) is 53.2 Å². The molecule has 2 aromatic heterocycles. The number of halogens is 3. The smallest absolute Gasteiger partial charge is 0.263 e. The van der Waals surface area contributed by atoms with Crippen LogP contribution in [-0.2, 0) is 11.2 Å². The highest BCUT2D eigenvalue weighted by atomic mass is 19.3. The molecule has 3 aromatic rings. The number of hydrogen-bond donors (Lipinski definition) is 4. The summed E-state index contributed by atoms with van der Waals surface area (Å²) in [6, 6.07) is 3.71.